The molecule has 0 aromatic heterocycles. The molecule has 0 radical (unpaired) electrons. The van der Waals surface area contributed by atoms with E-state index in [0.29, 0.717) is 25.4 Å². The van der Waals surface area contributed by atoms with E-state index in [1.807, 2.05) is 97.1 Å². The molecule has 0 spiro atoms. The van der Waals surface area contributed by atoms with Gasteiger partial charge >= 0.3 is 0 Å². The summed E-state index contributed by atoms with van der Waals surface area (Å²) in [6, 6.07) is 28.7. The molecular formula is C40H48N4O4. The zero-order chi connectivity index (χ0) is 33.5. The van der Waals surface area contributed by atoms with Crippen LogP contribution in [0.5, 0.6) is 0 Å². The minimum absolute atomic E-state index is 0.0791. The molecule has 0 aliphatic carbocycles. The van der Waals surface area contributed by atoms with E-state index in [0.717, 1.165) is 55.6 Å². The summed E-state index contributed by atoms with van der Waals surface area (Å²) in [6.45, 7) is 7.80. The van der Waals surface area contributed by atoms with Gasteiger partial charge in [-0.3, -0.25) is 19.3 Å². The number of β-amino-alcohol motifs (C(OH)–C–C–N with tert-alkyl or cyclic N) is 1. The molecule has 0 saturated carbocycles. The van der Waals surface area contributed by atoms with Crippen molar-refractivity contribution in [2.24, 2.45) is 5.92 Å². The minimum atomic E-state index is -0.827. The number of likely N-dealkylation sites (tertiary alicyclic amines) is 3. The molecule has 3 fully saturated rings. The number of rotatable bonds is 11. The summed E-state index contributed by atoms with van der Waals surface area (Å²) in [5, 5.41) is 14.0. The van der Waals surface area contributed by atoms with Crippen molar-refractivity contribution in [1.82, 2.24) is 20.0 Å². The van der Waals surface area contributed by atoms with Crippen LogP contribution in [0.4, 0.5) is 0 Å². The van der Waals surface area contributed by atoms with Crippen molar-refractivity contribution in [2.45, 2.75) is 62.1 Å². The number of nitrogens with one attached hydrogen (secondary N) is 1. The standard InChI is InChI=1S/C40H48N4O4/c1-2-22-42-23-12-14-30(28-42)27-41-38(47)35-21-13-24-43(35)39(48)36-25-34(45)29-44(36)37(46)26-40(31-15-6-3-7-16-31,32-17-8-4-9-18-32)33-19-10-5-11-20-33/h2-11,15-20,30,34-36,45H,1,12-14,21-29H2,(H,41,47)/t30-,34-,35?,36+/m1/s1. The van der Waals surface area contributed by atoms with Crippen LogP contribution in [-0.4, -0.2) is 95.0 Å². The largest absolute Gasteiger partial charge is 0.391 e. The Bertz CT molecular complexity index is 1450. The predicted molar refractivity (Wildman–Crippen MR) is 187 cm³/mol. The average Bonchev–Trinajstić information content (AvgIpc) is 3.78. The van der Waals surface area contributed by atoms with Gasteiger partial charge in [-0.25, -0.2) is 0 Å². The van der Waals surface area contributed by atoms with Gasteiger partial charge in [0.2, 0.25) is 17.7 Å². The van der Waals surface area contributed by atoms with Gasteiger partial charge in [-0.1, -0.05) is 97.1 Å². The van der Waals surface area contributed by atoms with Gasteiger partial charge in [0.15, 0.2) is 0 Å². The second kappa shape index (κ2) is 15.3. The van der Waals surface area contributed by atoms with Crippen molar-refractivity contribution < 1.29 is 19.5 Å². The van der Waals surface area contributed by atoms with Crippen molar-refractivity contribution in [2.75, 3.05) is 39.3 Å². The number of aliphatic hydroxyl groups is 1. The highest BCUT2D eigenvalue weighted by molar-refractivity contribution is 5.93. The first-order valence-corrected chi connectivity index (χ1v) is 17.5. The predicted octanol–water partition coefficient (Wildman–Crippen LogP) is 4.38. The number of hydrogen-bond acceptors (Lipinski definition) is 5. The van der Waals surface area contributed by atoms with Crippen LogP contribution in [0.25, 0.3) is 0 Å². The van der Waals surface area contributed by atoms with Crippen molar-refractivity contribution in [1.29, 1.82) is 0 Å². The molecule has 4 atom stereocenters. The van der Waals surface area contributed by atoms with Crippen molar-refractivity contribution in [3.63, 3.8) is 0 Å². The van der Waals surface area contributed by atoms with Crippen molar-refractivity contribution >= 4 is 17.7 Å². The first kappa shape index (κ1) is 33.6. The fraction of sp³-hybridized carbons (Fsp3) is 0.425. The summed E-state index contributed by atoms with van der Waals surface area (Å²) in [7, 11) is 0. The van der Waals surface area contributed by atoms with E-state index in [9.17, 15) is 19.5 Å². The van der Waals surface area contributed by atoms with Crippen LogP contribution in [0, 0.1) is 5.92 Å². The van der Waals surface area contributed by atoms with Crippen LogP contribution in [0.3, 0.4) is 0 Å². The number of piperidine rings is 1. The number of aliphatic hydroxyl groups excluding tert-OH is 1. The van der Waals surface area contributed by atoms with Crippen LogP contribution < -0.4 is 5.32 Å². The third-order valence-corrected chi connectivity index (χ3v) is 10.5. The number of carbonyl (C=O) groups excluding carboxylic acids is 3. The van der Waals surface area contributed by atoms with E-state index in [4.69, 9.17) is 0 Å². The van der Waals surface area contributed by atoms with E-state index in [2.05, 4.69) is 16.8 Å². The van der Waals surface area contributed by atoms with Gasteiger partial charge in [-0.05, 0) is 54.8 Å². The van der Waals surface area contributed by atoms with Gasteiger partial charge in [0.25, 0.3) is 0 Å². The Morgan fingerprint density at radius 2 is 1.38 bits per heavy atom. The normalized spacial score (nSPS) is 23.2. The molecule has 3 aliphatic heterocycles. The fourth-order valence-electron chi connectivity index (χ4n) is 8.15. The quantitative estimate of drug-likeness (QED) is 0.238. The first-order valence-electron chi connectivity index (χ1n) is 17.5. The lowest BCUT2D eigenvalue weighted by molar-refractivity contribution is -0.146. The lowest BCUT2D eigenvalue weighted by atomic mass is 9.67. The SMILES string of the molecule is C=CCN1CCC[C@H](CNC(=O)C2CCCN2C(=O)[C@@H]2C[C@@H](O)CN2C(=O)CC(c2ccccc2)(c2ccccc2)c2ccccc2)C1. The third kappa shape index (κ3) is 7.10. The summed E-state index contributed by atoms with van der Waals surface area (Å²) < 4.78 is 0. The Kier molecular flexibility index (Phi) is 10.7. The van der Waals surface area contributed by atoms with Gasteiger partial charge in [-0.2, -0.15) is 0 Å². The summed E-state index contributed by atoms with van der Waals surface area (Å²) >= 11 is 0. The molecule has 252 valence electrons. The molecule has 1 unspecified atom stereocenters. The summed E-state index contributed by atoms with van der Waals surface area (Å²) in [6.07, 6.45) is 4.81. The summed E-state index contributed by atoms with van der Waals surface area (Å²) in [5.41, 5.74) is 2.10. The van der Waals surface area contributed by atoms with E-state index >= 15 is 0 Å². The topological polar surface area (TPSA) is 93.2 Å². The Labute approximate surface area is 284 Å². The minimum Gasteiger partial charge on any atom is -0.391 e. The molecule has 3 aliphatic rings. The van der Waals surface area contributed by atoms with Gasteiger partial charge in [-0.15, -0.1) is 6.58 Å². The molecule has 48 heavy (non-hydrogen) atoms. The smallest absolute Gasteiger partial charge is 0.246 e. The second-order valence-electron chi connectivity index (χ2n) is 13.6. The van der Waals surface area contributed by atoms with Crippen LogP contribution in [0.2, 0.25) is 0 Å². The molecule has 8 nitrogen and oxygen atoms in total. The maximum Gasteiger partial charge on any atom is 0.246 e. The average molecular weight is 649 g/mol. The zero-order valence-corrected chi connectivity index (χ0v) is 27.8. The molecule has 3 heterocycles. The molecule has 0 bridgehead atoms. The lowest BCUT2D eigenvalue weighted by Gasteiger charge is -2.38. The zero-order valence-electron chi connectivity index (χ0n) is 27.8. The lowest BCUT2D eigenvalue weighted by Crippen LogP contribution is -2.54. The Morgan fingerprint density at radius 1 is 0.792 bits per heavy atom. The van der Waals surface area contributed by atoms with E-state index in [1.54, 1.807) is 9.80 Å². The Morgan fingerprint density at radius 3 is 1.96 bits per heavy atom. The number of benzene rings is 3. The van der Waals surface area contributed by atoms with Crippen LogP contribution in [0.15, 0.2) is 104 Å². The monoisotopic (exact) mass is 648 g/mol. The van der Waals surface area contributed by atoms with Crippen LogP contribution in [-0.2, 0) is 19.8 Å². The van der Waals surface area contributed by atoms with E-state index in [1.165, 1.54) is 0 Å². The highest BCUT2D eigenvalue weighted by Crippen LogP contribution is 2.43. The second-order valence-corrected chi connectivity index (χ2v) is 13.6. The number of amides is 3. The molecular weight excluding hydrogens is 600 g/mol. The highest BCUT2D eigenvalue weighted by Gasteiger charge is 2.47. The van der Waals surface area contributed by atoms with Crippen LogP contribution >= 0.6 is 0 Å². The molecule has 3 aromatic rings. The first-order chi connectivity index (χ1) is 23.4. The molecule has 3 saturated heterocycles. The highest BCUT2D eigenvalue weighted by atomic mass is 16.3. The summed E-state index contributed by atoms with van der Waals surface area (Å²) in [4.78, 5) is 47.9. The van der Waals surface area contributed by atoms with E-state index in [-0.39, 0.29) is 37.1 Å². The number of nitrogens with zero attached hydrogens (tertiary/aromatic N) is 3. The number of hydrogen-bond donors (Lipinski definition) is 2. The molecule has 8 heteroatoms. The van der Waals surface area contributed by atoms with Gasteiger partial charge in [0, 0.05) is 45.6 Å². The Hall–Kier alpha value is -4.27. The molecule has 2 N–H and O–H groups in total. The molecule has 3 amide bonds. The van der Waals surface area contributed by atoms with Gasteiger partial charge in [0.05, 0.1) is 11.5 Å². The van der Waals surface area contributed by atoms with Crippen molar-refractivity contribution in [3.05, 3.63) is 120 Å². The maximum absolute atomic E-state index is 14.6. The molecule has 6 rings (SSSR count). The van der Waals surface area contributed by atoms with Crippen LogP contribution in [0.1, 0.15) is 55.2 Å². The van der Waals surface area contributed by atoms with Gasteiger partial charge < -0.3 is 20.2 Å². The number of carbonyl (C=O) groups is 3. The maximum atomic E-state index is 14.6. The third-order valence-electron chi connectivity index (χ3n) is 10.5. The molecule has 3 aromatic carbocycles. The van der Waals surface area contributed by atoms with Gasteiger partial charge in [0.1, 0.15) is 12.1 Å². The summed E-state index contributed by atoms with van der Waals surface area (Å²) in [5.74, 6) is -0.222. The fourth-order valence-corrected chi connectivity index (χ4v) is 8.15. The van der Waals surface area contributed by atoms with Crippen molar-refractivity contribution in [3.8, 4) is 0 Å². The van der Waals surface area contributed by atoms with E-state index < -0.39 is 23.6 Å². The Balaban J connectivity index is 1.22.